The molecule has 1 aliphatic heterocycles. The fraction of sp³-hybridized carbons (Fsp3) is 0.588. The Hall–Kier alpha value is -1.82. The summed E-state index contributed by atoms with van der Waals surface area (Å²) >= 11 is 6.45. The van der Waals surface area contributed by atoms with Gasteiger partial charge >= 0.3 is 0 Å². The smallest absolute Gasteiger partial charge is 0.257 e. The van der Waals surface area contributed by atoms with Gasteiger partial charge < -0.3 is 4.90 Å². The van der Waals surface area contributed by atoms with Gasteiger partial charge in [-0.15, -0.1) is 0 Å². The number of aromatic nitrogens is 4. The van der Waals surface area contributed by atoms with E-state index in [0.29, 0.717) is 11.1 Å². The minimum atomic E-state index is 0.00552. The summed E-state index contributed by atoms with van der Waals surface area (Å²) in [6, 6.07) is 0.00552. The van der Waals surface area contributed by atoms with Gasteiger partial charge in [0.2, 0.25) is 0 Å². The fourth-order valence-electron chi connectivity index (χ4n) is 3.94. The first-order valence-corrected chi connectivity index (χ1v) is 8.88. The number of nitrogens with zero attached hydrogens (tertiary/aromatic N) is 5. The summed E-state index contributed by atoms with van der Waals surface area (Å²) in [7, 11) is 3.76. The zero-order chi connectivity index (χ0) is 17.0. The van der Waals surface area contributed by atoms with E-state index in [1.54, 1.807) is 10.9 Å². The van der Waals surface area contributed by atoms with E-state index in [9.17, 15) is 4.79 Å². The van der Waals surface area contributed by atoms with Gasteiger partial charge in [0.05, 0.1) is 29.2 Å². The molecule has 4 rings (SSSR count). The van der Waals surface area contributed by atoms with Gasteiger partial charge in [0.15, 0.2) is 0 Å². The van der Waals surface area contributed by atoms with E-state index >= 15 is 0 Å². The van der Waals surface area contributed by atoms with Crippen LogP contribution in [0.4, 0.5) is 0 Å². The van der Waals surface area contributed by atoms with E-state index < -0.39 is 0 Å². The second-order valence-electron chi connectivity index (χ2n) is 6.91. The number of rotatable bonds is 3. The number of amides is 1. The van der Waals surface area contributed by atoms with Crippen LogP contribution in [0.25, 0.3) is 0 Å². The average Bonchev–Trinajstić information content (AvgIpc) is 3.04. The van der Waals surface area contributed by atoms with Crippen LogP contribution in [0, 0.1) is 6.92 Å². The molecule has 2 aromatic heterocycles. The molecular formula is C17H22ClN5O. The van der Waals surface area contributed by atoms with E-state index in [-0.39, 0.29) is 11.9 Å². The molecule has 1 atom stereocenters. The molecule has 2 fully saturated rings. The minimum Gasteiger partial charge on any atom is -0.331 e. The lowest BCUT2D eigenvalue weighted by Gasteiger charge is -2.25. The molecule has 2 aromatic rings. The molecule has 1 amide bonds. The third-order valence-corrected chi connectivity index (χ3v) is 5.67. The first kappa shape index (κ1) is 15.7. The third kappa shape index (κ3) is 2.35. The van der Waals surface area contributed by atoms with E-state index in [1.807, 2.05) is 30.6 Å². The van der Waals surface area contributed by atoms with Crippen molar-refractivity contribution in [1.29, 1.82) is 0 Å². The van der Waals surface area contributed by atoms with Crippen LogP contribution in [-0.2, 0) is 14.1 Å². The molecule has 1 saturated carbocycles. The van der Waals surface area contributed by atoms with Crippen molar-refractivity contribution in [2.24, 2.45) is 14.1 Å². The van der Waals surface area contributed by atoms with Gasteiger partial charge in [0.1, 0.15) is 5.15 Å². The van der Waals surface area contributed by atoms with Crippen molar-refractivity contribution >= 4 is 17.5 Å². The Balaban J connectivity index is 1.69. The second-order valence-corrected chi connectivity index (χ2v) is 7.27. The van der Waals surface area contributed by atoms with Crippen molar-refractivity contribution in [3.63, 3.8) is 0 Å². The summed E-state index contributed by atoms with van der Waals surface area (Å²) in [4.78, 5) is 15.2. The Labute approximate surface area is 146 Å². The topological polar surface area (TPSA) is 56.0 Å². The first-order valence-electron chi connectivity index (χ1n) is 8.51. The molecule has 2 aliphatic rings. The van der Waals surface area contributed by atoms with E-state index in [2.05, 4.69) is 10.2 Å². The van der Waals surface area contributed by atoms with Crippen molar-refractivity contribution in [3.05, 3.63) is 33.9 Å². The van der Waals surface area contributed by atoms with Crippen LogP contribution < -0.4 is 0 Å². The SMILES string of the molecule is Cc1nn(C)c(Cl)c1[C@@H]1CCCN1C(=O)c1cnn(C)c1C1CC1. The van der Waals surface area contributed by atoms with Gasteiger partial charge in [0.25, 0.3) is 5.91 Å². The molecule has 0 bridgehead atoms. The number of aryl methyl sites for hydroxylation is 3. The van der Waals surface area contributed by atoms with Crippen LogP contribution in [0.5, 0.6) is 0 Å². The molecule has 0 radical (unpaired) electrons. The van der Waals surface area contributed by atoms with Crippen LogP contribution in [0.2, 0.25) is 5.15 Å². The monoisotopic (exact) mass is 347 g/mol. The summed E-state index contributed by atoms with van der Waals surface area (Å²) in [5.41, 5.74) is 3.73. The maximum atomic E-state index is 13.2. The van der Waals surface area contributed by atoms with Crippen molar-refractivity contribution < 1.29 is 4.79 Å². The first-order chi connectivity index (χ1) is 11.5. The molecular weight excluding hydrogens is 326 g/mol. The normalized spacial score (nSPS) is 20.8. The molecule has 128 valence electrons. The highest BCUT2D eigenvalue weighted by molar-refractivity contribution is 6.30. The van der Waals surface area contributed by atoms with Crippen molar-refractivity contribution in [1.82, 2.24) is 24.5 Å². The predicted octanol–water partition coefficient (Wildman–Crippen LogP) is 2.97. The maximum Gasteiger partial charge on any atom is 0.257 e. The Kier molecular flexibility index (Phi) is 3.67. The molecule has 1 saturated heterocycles. The quantitative estimate of drug-likeness (QED) is 0.857. The lowest BCUT2D eigenvalue weighted by molar-refractivity contribution is 0.0734. The van der Waals surface area contributed by atoms with Gasteiger partial charge in [0, 0.05) is 32.1 Å². The lowest BCUT2D eigenvalue weighted by atomic mass is 10.0. The highest BCUT2D eigenvalue weighted by atomic mass is 35.5. The highest BCUT2D eigenvalue weighted by Crippen LogP contribution is 2.43. The predicted molar refractivity (Wildman–Crippen MR) is 91.1 cm³/mol. The lowest BCUT2D eigenvalue weighted by Crippen LogP contribution is -2.31. The zero-order valence-electron chi connectivity index (χ0n) is 14.3. The summed E-state index contributed by atoms with van der Waals surface area (Å²) in [5.74, 6) is 0.563. The molecule has 1 aliphatic carbocycles. The van der Waals surface area contributed by atoms with Crippen LogP contribution in [0.15, 0.2) is 6.20 Å². The fourth-order valence-corrected chi connectivity index (χ4v) is 4.24. The molecule has 24 heavy (non-hydrogen) atoms. The molecule has 3 heterocycles. The van der Waals surface area contributed by atoms with Crippen LogP contribution in [0.1, 0.15) is 65.0 Å². The molecule has 0 aromatic carbocycles. The van der Waals surface area contributed by atoms with Crippen LogP contribution in [-0.4, -0.2) is 36.9 Å². The number of hydrogen-bond donors (Lipinski definition) is 0. The summed E-state index contributed by atoms with van der Waals surface area (Å²) in [6.07, 6.45) is 5.94. The summed E-state index contributed by atoms with van der Waals surface area (Å²) in [6.45, 7) is 2.72. The minimum absolute atomic E-state index is 0.00552. The average molecular weight is 348 g/mol. The summed E-state index contributed by atoms with van der Waals surface area (Å²) < 4.78 is 3.55. The number of halogens is 1. The summed E-state index contributed by atoms with van der Waals surface area (Å²) in [5, 5.41) is 9.38. The molecule has 0 spiro atoms. The Morgan fingerprint density at radius 2 is 2.00 bits per heavy atom. The Bertz CT molecular complexity index is 804. The van der Waals surface area contributed by atoms with Crippen molar-refractivity contribution in [3.8, 4) is 0 Å². The maximum absolute atomic E-state index is 13.2. The van der Waals surface area contributed by atoms with Crippen LogP contribution >= 0.6 is 11.6 Å². The largest absolute Gasteiger partial charge is 0.331 e. The van der Waals surface area contributed by atoms with Crippen LogP contribution in [0.3, 0.4) is 0 Å². The van der Waals surface area contributed by atoms with E-state index in [4.69, 9.17) is 11.6 Å². The highest BCUT2D eigenvalue weighted by Gasteiger charge is 2.38. The van der Waals surface area contributed by atoms with E-state index in [0.717, 1.165) is 54.7 Å². The number of hydrogen-bond acceptors (Lipinski definition) is 3. The standard InChI is InChI=1S/C17H22ClN5O/c1-10-14(16(18)22(3)20-10)13-5-4-8-23(13)17(24)12-9-19-21(2)15(12)11-6-7-11/h9,11,13H,4-8H2,1-3H3/t13-/m0/s1. The second kappa shape index (κ2) is 5.62. The number of carbonyl (C=O) groups is 1. The van der Waals surface area contributed by atoms with Gasteiger partial charge in [-0.3, -0.25) is 14.2 Å². The van der Waals surface area contributed by atoms with Gasteiger partial charge in [-0.25, -0.2) is 0 Å². The van der Waals surface area contributed by atoms with Gasteiger partial charge in [-0.2, -0.15) is 10.2 Å². The Morgan fingerprint density at radius 3 is 2.62 bits per heavy atom. The molecule has 6 nitrogen and oxygen atoms in total. The molecule has 0 N–H and O–H groups in total. The molecule has 0 unspecified atom stereocenters. The van der Waals surface area contributed by atoms with Gasteiger partial charge in [-0.1, -0.05) is 11.6 Å². The zero-order valence-corrected chi connectivity index (χ0v) is 15.0. The third-order valence-electron chi connectivity index (χ3n) is 5.22. The van der Waals surface area contributed by atoms with E-state index in [1.165, 1.54) is 0 Å². The van der Waals surface area contributed by atoms with Gasteiger partial charge in [-0.05, 0) is 32.6 Å². The molecule has 7 heteroatoms. The van der Waals surface area contributed by atoms with Crippen molar-refractivity contribution in [2.45, 2.75) is 44.6 Å². The number of carbonyl (C=O) groups excluding carboxylic acids is 1. The Morgan fingerprint density at radius 1 is 1.25 bits per heavy atom. The number of likely N-dealkylation sites (tertiary alicyclic amines) is 1. The van der Waals surface area contributed by atoms with Crippen molar-refractivity contribution in [2.75, 3.05) is 6.54 Å².